The lowest BCUT2D eigenvalue weighted by Gasteiger charge is -2.32. The number of anilines is 1. The van der Waals surface area contributed by atoms with Gasteiger partial charge >= 0.3 is 6.03 Å². The third-order valence-electron chi connectivity index (χ3n) is 3.38. The Labute approximate surface area is 107 Å². The van der Waals surface area contributed by atoms with E-state index in [1.165, 1.54) is 0 Å². The summed E-state index contributed by atoms with van der Waals surface area (Å²) in [5, 5.41) is 12.8. The first-order valence-corrected chi connectivity index (χ1v) is 6.17. The lowest BCUT2D eigenvalue weighted by Crippen LogP contribution is -2.44. The average molecular weight is 249 g/mol. The van der Waals surface area contributed by atoms with E-state index in [1.54, 1.807) is 17.0 Å². The van der Waals surface area contributed by atoms with Gasteiger partial charge in [-0.3, -0.25) is 0 Å². The highest BCUT2D eigenvalue weighted by Crippen LogP contribution is 2.23. The Morgan fingerprint density at radius 2 is 2.11 bits per heavy atom. The molecule has 5 nitrogen and oxygen atoms in total. The molecule has 0 aromatic heterocycles. The van der Waals surface area contributed by atoms with E-state index in [4.69, 9.17) is 5.73 Å². The molecule has 1 aliphatic heterocycles. The molecule has 2 rings (SSSR count). The second-order valence-corrected chi connectivity index (χ2v) is 4.74. The van der Waals surface area contributed by atoms with Crippen molar-refractivity contribution >= 4 is 11.7 Å². The molecule has 4 N–H and O–H groups in total. The number of aromatic hydroxyl groups is 1. The van der Waals surface area contributed by atoms with E-state index in [9.17, 15) is 9.90 Å². The molecule has 0 unspecified atom stereocenters. The molecule has 1 aromatic rings. The number of benzene rings is 1. The van der Waals surface area contributed by atoms with Gasteiger partial charge in [0.2, 0.25) is 0 Å². The molecule has 0 atom stereocenters. The highest BCUT2D eigenvalue weighted by molar-refractivity contribution is 5.72. The normalized spacial score (nSPS) is 16.6. The van der Waals surface area contributed by atoms with Gasteiger partial charge in [0.1, 0.15) is 5.75 Å². The molecular weight excluding hydrogens is 230 g/mol. The fourth-order valence-corrected chi connectivity index (χ4v) is 2.27. The monoisotopic (exact) mass is 249 g/mol. The number of rotatable bonds is 2. The van der Waals surface area contributed by atoms with Gasteiger partial charge in [-0.05, 0) is 43.5 Å². The molecule has 0 saturated carbocycles. The summed E-state index contributed by atoms with van der Waals surface area (Å²) in [6.07, 6.45) is 1.78. The molecule has 0 bridgehead atoms. The Hall–Kier alpha value is -1.91. The first kappa shape index (κ1) is 12.5. The first-order valence-electron chi connectivity index (χ1n) is 6.17. The van der Waals surface area contributed by atoms with Crippen molar-refractivity contribution in [3.63, 3.8) is 0 Å². The molecule has 18 heavy (non-hydrogen) atoms. The third kappa shape index (κ3) is 2.85. The van der Waals surface area contributed by atoms with Crippen LogP contribution in [-0.2, 0) is 0 Å². The summed E-state index contributed by atoms with van der Waals surface area (Å²) in [5.74, 6) is 0.279. The van der Waals surface area contributed by atoms with Crippen LogP contribution in [0.15, 0.2) is 18.2 Å². The van der Waals surface area contributed by atoms with Crippen LogP contribution >= 0.6 is 0 Å². The number of aryl methyl sites for hydroxylation is 1. The highest BCUT2D eigenvalue weighted by Gasteiger charge is 2.21. The van der Waals surface area contributed by atoms with E-state index in [0.29, 0.717) is 19.1 Å². The molecular formula is C13H19N3O2. The zero-order chi connectivity index (χ0) is 13.1. The quantitative estimate of drug-likeness (QED) is 0.697. The number of phenols is 1. The minimum absolute atomic E-state index is 0.279. The van der Waals surface area contributed by atoms with E-state index in [0.717, 1.165) is 24.1 Å². The average Bonchev–Trinajstić information content (AvgIpc) is 2.33. The number of primary amides is 1. The van der Waals surface area contributed by atoms with Crippen LogP contribution in [0.2, 0.25) is 0 Å². The van der Waals surface area contributed by atoms with E-state index in [1.807, 2.05) is 13.0 Å². The molecule has 0 aliphatic carbocycles. The van der Waals surface area contributed by atoms with Crippen LogP contribution in [0.25, 0.3) is 0 Å². The topological polar surface area (TPSA) is 78.6 Å². The second kappa shape index (κ2) is 5.16. The fraction of sp³-hybridized carbons (Fsp3) is 0.462. The van der Waals surface area contributed by atoms with Gasteiger partial charge in [-0.15, -0.1) is 0 Å². The summed E-state index contributed by atoms with van der Waals surface area (Å²) in [4.78, 5) is 12.7. The molecule has 1 heterocycles. The highest BCUT2D eigenvalue weighted by atomic mass is 16.3. The van der Waals surface area contributed by atoms with Crippen molar-refractivity contribution in [2.75, 3.05) is 18.4 Å². The van der Waals surface area contributed by atoms with E-state index in [2.05, 4.69) is 5.32 Å². The largest absolute Gasteiger partial charge is 0.508 e. The predicted molar refractivity (Wildman–Crippen MR) is 70.6 cm³/mol. The fourth-order valence-electron chi connectivity index (χ4n) is 2.27. The van der Waals surface area contributed by atoms with Crippen molar-refractivity contribution in [1.29, 1.82) is 0 Å². The van der Waals surface area contributed by atoms with Gasteiger partial charge in [0.15, 0.2) is 0 Å². The standard InChI is InChI=1S/C13H19N3O2/c1-9-8-11(17)2-3-12(9)15-10-4-6-16(7-5-10)13(14)18/h2-3,8,10,15,17H,4-7H2,1H3,(H2,14,18). The Bertz CT molecular complexity index is 440. The predicted octanol–water partition coefficient (Wildman–Crippen LogP) is 1.66. The lowest BCUT2D eigenvalue weighted by molar-refractivity contribution is 0.193. The number of carbonyl (C=O) groups is 1. The zero-order valence-electron chi connectivity index (χ0n) is 10.5. The molecule has 1 aliphatic rings. The SMILES string of the molecule is Cc1cc(O)ccc1NC1CCN(C(N)=O)CC1. The maximum Gasteiger partial charge on any atom is 0.314 e. The van der Waals surface area contributed by atoms with E-state index < -0.39 is 0 Å². The number of phenolic OH excluding ortho intramolecular Hbond substituents is 1. The number of likely N-dealkylation sites (tertiary alicyclic amines) is 1. The summed E-state index contributed by atoms with van der Waals surface area (Å²) in [5.41, 5.74) is 7.30. The molecule has 5 heteroatoms. The van der Waals surface area contributed by atoms with Crippen LogP contribution in [0.4, 0.5) is 10.5 Å². The third-order valence-corrected chi connectivity index (χ3v) is 3.38. The number of hydrogen-bond acceptors (Lipinski definition) is 3. The van der Waals surface area contributed by atoms with Gasteiger partial charge in [0.25, 0.3) is 0 Å². The number of hydrogen-bond donors (Lipinski definition) is 3. The van der Waals surface area contributed by atoms with Crippen molar-refractivity contribution in [2.45, 2.75) is 25.8 Å². The van der Waals surface area contributed by atoms with Gasteiger partial charge in [0, 0.05) is 24.8 Å². The van der Waals surface area contributed by atoms with Crippen LogP contribution in [0.3, 0.4) is 0 Å². The number of amides is 2. The molecule has 98 valence electrons. The first-order chi connectivity index (χ1) is 8.56. The van der Waals surface area contributed by atoms with E-state index in [-0.39, 0.29) is 11.8 Å². The number of nitrogens with one attached hydrogen (secondary N) is 1. The van der Waals surface area contributed by atoms with Gasteiger partial charge in [0.05, 0.1) is 0 Å². The molecule has 0 radical (unpaired) electrons. The van der Waals surface area contributed by atoms with Crippen molar-refractivity contribution in [1.82, 2.24) is 4.90 Å². The summed E-state index contributed by atoms with van der Waals surface area (Å²) >= 11 is 0. The van der Waals surface area contributed by atoms with Crippen molar-refractivity contribution < 1.29 is 9.90 Å². The van der Waals surface area contributed by atoms with Crippen molar-refractivity contribution in [3.05, 3.63) is 23.8 Å². The smallest absolute Gasteiger partial charge is 0.314 e. The zero-order valence-corrected chi connectivity index (χ0v) is 10.5. The minimum atomic E-state index is -0.339. The Balaban J connectivity index is 1.93. The molecule has 1 aromatic carbocycles. The lowest BCUT2D eigenvalue weighted by atomic mass is 10.0. The number of nitrogens with two attached hydrogens (primary N) is 1. The van der Waals surface area contributed by atoms with Crippen LogP contribution < -0.4 is 11.1 Å². The van der Waals surface area contributed by atoms with E-state index >= 15 is 0 Å². The number of carbonyl (C=O) groups excluding carboxylic acids is 1. The van der Waals surface area contributed by atoms with Crippen LogP contribution in [-0.4, -0.2) is 35.2 Å². The van der Waals surface area contributed by atoms with Crippen molar-refractivity contribution in [2.24, 2.45) is 5.73 Å². The number of nitrogens with zero attached hydrogens (tertiary/aromatic N) is 1. The van der Waals surface area contributed by atoms with Gasteiger partial charge in [-0.25, -0.2) is 4.79 Å². The Morgan fingerprint density at radius 3 is 2.67 bits per heavy atom. The van der Waals surface area contributed by atoms with Gasteiger partial charge < -0.3 is 21.1 Å². The summed E-state index contributed by atoms with van der Waals surface area (Å²) in [6.45, 7) is 3.36. The van der Waals surface area contributed by atoms with Crippen molar-refractivity contribution in [3.8, 4) is 5.75 Å². The molecule has 1 fully saturated rings. The number of piperidine rings is 1. The summed E-state index contributed by atoms with van der Waals surface area (Å²) in [7, 11) is 0. The Morgan fingerprint density at radius 1 is 1.44 bits per heavy atom. The summed E-state index contributed by atoms with van der Waals surface area (Å²) in [6, 6.07) is 5.30. The second-order valence-electron chi connectivity index (χ2n) is 4.74. The molecule has 0 spiro atoms. The van der Waals surface area contributed by atoms with Gasteiger partial charge in [-0.2, -0.15) is 0 Å². The number of urea groups is 1. The molecule has 2 amide bonds. The maximum atomic E-state index is 11.0. The van der Waals surface area contributed by atoms with Crippen LogP contribution in [0, 0.1) is 6.92 Å². The minimum Gasteiger partial charge on any atom is -0.508 e. The molecule has 1 saturated heterocycles. The van der Waals surface area contributed by atoms with Crippen LogP contribution in [0.5, 0.6) is 5.75 Å². The maximum absolute atomic E-state index is 11.0. The Kier molecular flexibility index (Phi) is 3.60. The summed E-state index contributed by atoms with van der Waals surface area (Å²) < 4.78 is 0. The van der Waals surface area contributed by atoms with Gasteiger partial charge in [-0.1, -0.05) is 0 Å². The van der Waals surface area contributed by atoms with Crippen LogP contribution in [0.1, 0.15) is 18.4 Å².